The molecular weight excluding hydrogens is 100 g/mol. The van der Waals surface area contributed by atoms with E-state index in [9.17, 15) is 0 Å². The highest BCUT2D eigenvalue weighted by Crippen LogP contribution is 1.97. The molecule has 46 valence electrons. The van der Waals surface area contributed by atoms with Gasteiger partial charge in [-0.3, -0.25) is 0 Å². The Morgan fingerprint density at radius 3 is 2.62 bits per heavy atom. The summed E-state index contributed by atoms with van der Waals surface area (Å²) < 4.78 is 4.67. The van der Waals surface area contributed by atoms with E-state index in [0.29, 0.717) is 12.5 Å². The van der Waals surface area contributed by atoms with Gasteiger partial charge in [0, 0.05) is 0 Å². The van der Waals surface area contributed by atoms with Crippen molar-refractivity contribution in [2.24, 2.45) is 5.92 Å². The zero-order valence-electron chi connectivity index (χ0n) is 5.48. The molecule has 0 aromatic heterocycles. The smallest absolute Gasteiger partial charge is 0.106 e. The van der Waals surface area contributed by atoms with Gasteiger partial charge in [-0.05, 0) is 12.3 Å². The quantitative estimate of drug-likeness (QED) is 0.398. The van der Waals surface area contributed by atoms with Crippen molar-refractivity contribution in [1.82, 2.24) is 0 Å². The monoisotopic (exact) mass is 112 g/mol. The first kappa shape index (κ1) is 7.36. The second-order valence-corrected chi connectivity index (χ2v) is 2.15. The SMILES string of the molecule is C#COCCC(C)C. The molecule has 0 unspecified atom stereocenters. The van der Waals surface area contributed by atoms with E-state index in [1.165, 1.54) is 0 Å². The first-order valence-corrected chi connectivity index (χ1v) is 2.84. The van der Waals surface area contributed by atoms with Crippen LogP contribution in [0.5, 0.6) is 0 Å². The molecule has 8 heavy (non-hydrogen) atoms. The summed E-state index contributed by atoms with van der Waals surface area (Å²) in [5.41, 5.74) is 0. The lowest BCUT2D eigenvalue weighted by Crippen LogP contribution is -1.93. The minimum absolute atomic E-state index is 0.684. The van der Waals surface area contributed by atoms with Gasteiger partial charge in [0.2, 0.25) is 0 Å². The third-order valence-electron chi connectivity index (χ3n) is 0.881. The van der Waals surface area contributed by atoms with Crippen LogP contribution in [0.2, 0.25) is 0 Å². The average molecular weight is 112 g/mol. The fourth-order valence-electron chi connectivity index (χ4n) is 0.354. The van der Waals surface area contributed by atoms with Crippen LogP contribution in [0, 0.1) is 18.4 Å². The maximum Gasteiger partial charge on any atom is 0.106 e. The molecule has 0 aromatic carbocycles. The molecule has 0 aliphatic rings. The number of hydrogen-bond acceptors (Lipinski definition) is 1. The molecule has 0 radical (unpaired) electrons. The van der Waals surface area contributed by atoms with Crippen LogP contribution in [0.1, 0.15) is 20.3 Å². The molecule has 0 rings (SSSR count). The Morgan fingerprint density at radius 1 is 1.62 bits per heavy atom. The summed E-state index contributed by atoms with van der Waals surface area (Å²) >= 11 is 0. The van der Waals surface area contributed by atoms with E-state index in [2.05, 4.69) is 24.7 Å². The highest BCUT2D eigenvalue weighted by atomic mass is 16.5. The lowest BCUT2D eigenvalue weighted by Gasteiger charge is -1.99. The fraction of sp³-hybridized carbons (Fsp3) is 0.714. The maximum absolute atomic E-state index is 4.84. The Bertz CT molecular complexity index is 78.9. The minimum atomic E-state index is 0.684. The molecule has 0 atom stereocenters. The second kappa shape index (κ2) is 4.52. The molecule has 0 saturated carbocycles. The van der Waals surface area contributed by atoms with Crippen molar-refractivity contribution >= 4 is 0 Å². The number of hydrogen-bond donors (Lipinski definition) is 0. The van der Waals surface area contributed by atoms with Crippen molar-refractivity contribution in [3.05, 3.63) is 0 Å². The molecule has 0 bridgehead atoms. The van der Waals surface area contributed by atoms with Gasteiger partial charge in [-0.2, -0.15) is 0 Å². The zero-order valence-corrected chi connectivity index (χ0v) is 5.48. The van der Waals surface area contributed by atoms with Crippen LogP contribution < -0.4 is 0 Å². The van der Waals surface area contributed by atoms with E-state index < -0.39 is 0 Å². The number of terminal acetylenes is 1. The molecule has 1 nitrogen and oxygen atoms in total. The molecule has 0 aromatic rings. The second-order valence-electron chi connectivity index (χ2n) is 2.15. The Hall–Kier alpha value is -0.640. The van der Waals surface area contributed by atoms with Gasteiger partial charge in [-0.15, -0.1) is 0 Å². The summed E-state index contributed by atoms with van der Waals surface area (Å²) in [7, 11) is 0. The predicted molar refractivity (Wildman–Crippen MR) is 34.2 cm³/mol. The van der Waals surface area contributed by atoms with E-state index >= 15 is 0 Å². The molecule has 1 heteroatoms. The van der Waals surface area contributed by atoms with Crippen molar-refractivity contribution in [1.29, 1.82) is 0 Å². The highest BCUT2D eigenvalue weighted by Gasteiger charge is 1.90. The normalized spacial score (nSPS) is 8.75. The van der Waals surface area contributed by atoms with Crippen molar-refractivity contribution in [2.75, 3.05) is 6.61 Å². The zero-order chi connectivity index (χ0) is 6.41. The topological polar surface area (TPSA) is 9.23 Å². The van der Waals surface area contributed by atoms with Gasteiger partial charge in [0.05, 0.1) is 0 Å². The van der Waals surface area contributed by atoms with Gasteiger partial charge in [-0.1, -0.05) is 20.3 Å². The van der Waals surface area contributed by atoms with Gasteiger partial charge in [0.25, 0.3) is 0 Å². The summed E-state index contributed by atoms with van der Waals surface area (Å²) in [4.78, 5) is 0. The molecule has 0 saturated heterocycles. The van der Waals surface area contributed by atoms with E-state index in [-0.39, 0.29) is 0 Å². The summed E-state index contributed by atoms with van der Waals surface area (Å²) in [6.45, 7) is 4.97. The molecule has 0 aliphatic heterocycles. The van der Waals surface area contributed by atoms with Crippen molar-refractivity contribution in [3.63, 3.8) is 0 Å². The molecular formula is C7H12O. The standard InChI is InChI=1S/C7H12O/c1-4-8-6-5-7(2)3/h1,7H,5-6H2,2-3H3. The molecule has 0 amide bonds. The fourth-order valence-corrected chi connectivity index (χ4v) is 0.354. The van der Waals surface area contributed by atoms with Gasteiger partial charge in [0.15, 0.2) is 0 Å². The first-order valence-electron chi connectivity index (χ1n) is 2.84. The Morgan fingerprint density at radius 2 is 2.25 bits per heavy atom. The van der Waals surface area contributed by atoms with Crippen molar-refractivity contribution in [3.8, 4) is 12.5 Å². The van der Waals surface area contributed by atoms with Crippen molar-refractivity contribution in [2.45, 2.75) is 20.3 Å². The Kier molecular flexibility index (Phi) is 4.16. The molecule has 0 spiro atoms. The van der Waals surface area contributed by atoms with Gasteiger partial charge in [0.1, 0.15) is 12.7 Å². The lowest BCUT2D eigenvalue weighted by molar-refractivity contribution is 0.254. The van der Waals surface area contributed by atoms with Crippen LogP contribution in [0.25, 0.3) is 0 Å². The van der Waals surface area contributed by atoms with Crippen LogP contribution in [0.4, 0.5) is 0 Å². The van der Waals surface area contributed by atoms with Crippen LogP contribution in [0.3, 0.4) is 0 Å². The van der Waals surface area contributed by atoms with Gasteiger partial charge in [-0.25, -0.2) is 0 Å². The number of rotatable bonds is 3. The van der Waals surface area contributed by atoms with Crippen molar-refractivity contribution < 1.29 is 4.74 Å². The van der Waals surface area contributed by atoms with E-state index in [1.807, 2.05) is 0 Å². The lowest BCUT2D eigenvalue weighted by atomic mass is 10.1. The molecule has 0 fully saturated rings. The van der Waals surface area contributed by atoms with Crippen LogP contribution in [-0.2, 0) is 4.74 Å². The minimum Gasteiger partial charge on any atom is -0.447 e. The summed E-state index contributed by atoms with van der Waals surface area (Å²) in [6.07, 6.45) is 8.01. The Balaban J connectivity index is 2.85. The summed E-state index contributed by atoms with van der Waals surface area (Å²) in [5.74, 6) is 0.684. The molecule has 0 aliphatic carbocycles. The van der Waals surface area contributed by atoms with Gasteiger partial charge >= 0.3 is 0 Å². The predicted octanol–water partition coefficient (Wildman–Crippen LogP) is 1.64. The average Bonchev–Trinajstić information content (AvgIpc) is 1.66. The van der Waals surface area contributed by atoms with Crippen LogP contribution >= 0.6 is 0 Å². The van der Waals surface area contributed by atoms with E-state index in [4.69, 9.17) is 6.42 Å². The Labute approximate surface area is 51.0 Å². The highest BCUT2D eigenvalue weighted by molar-refractivity contribution is 4.68. The maximum atomic E-state index is 4.84. The van der Waals surface area contributed by atoms with Crippen LogP contribution in [0.15, 0.2) is 0 Å². The largest absolute Gasteiger partial charge is 0.447 e. The summed E-state index contributed by atoms with van der Waals surface area (Å²) in [6, 6.07) is 0. The molecule has 0 heterocycles. The van der Waals surface area contributed by atoms with E-state index in [1.54, 1.807) is 0 Å². The van der Waals surface area contributed by atoms with Crippen LogP contribution in [-0.4, -0.2) is 6.61 Å². The van der Waals surface area contributed by atoms with Gasteiger partial charge < -0.3 is 4.74 Å². The number of ether oxygens (including phenoxy) is 1. The third kappa shape index (κ3) is 5.36. The summed E-state index contributed by atoms with van der Waals surface area (Å²) in [5, 5.41) is 0. The third-order valence-corrected chi connectivity index (χ3v) is 0.881. The molecule has 0 N–H and O–H groups in total. The first-order chi connectivity index (χ1) is 3.77. The van der Waals surface area contributed by atoms with E-state index in [0.717, 1.165) is 6.42 Å².